The summed E-state index contributed by atoms with van der Waals surface area (Å²) in [5.41, 5.74) is 6.18. The van der Waals surface area contributed by atoms with Gasteiger partial charge in [0.1, 0.15) is 5.75 Å². The van der Waals surface area contributed by atoms with Crippen LogP contribution in [0.4, 0.5) is 5.69 Å². The summed E-state index contributed by atoms with van der Waals surface area (Å²) in [6.07, 6.45) is 0. The van der Waals surface area contributed by atoms with Gasteiger partial charge in [-0.2, -0.15) is 0 Å². The van der Waals surface area contributed by atoms with Crippen LogP contribution in [0.2, 0.25) is 0 Å². The average molecular weight is 249 g/mol. The maximum absolute atomic E-state index is 11.8. The molecule has 18 heavy (non-hydrogen) atoms. The van der Waals surface area contributed by atoms with Crippen molar-refractivity contribution >= 4 is 17.5 Å². The Kier molecular flexibility index (Phi) is 3.66. The predicted octanol–water partition coefficient (Wildman–Crippen LogP) is -0.394. The van der Waals surface area contributed by atoms with Crippen LogP contribution in [0.1, 0.15) is 0 Å². The molecule has 1 aromatic rings. The first-order chi connectivity index (χ1) is 8.65. The second-order valence-corrected chi connectivity index (χ2v) is 4.03. The quantitative estimate of drug-likeness (QED) is 0.714. The molecule has 1 fully saturated rings. The van der Waals surface area contributed by atoms with Gasteiger partial charge in [0.15, 0.2) is 6.61 Å². The molecule has 0 bridgehead atoms. The number of benzene rings is 1. The number of nitrogens with two attached hydrogens (primary N) is 1. The Morgan fingerprint density at radius 1 is 1.50 bits per heavy atom. The molecule has 6 heteroatoms. The molecule has 0 unspecified atom stereocenters. The van der Waals surface area contributed by atoms with E-state index in [1.807, 2.05) is 0 Å². The van der Waals surface area contributed by atoms with Crippen LogP contribution >= 0.6 is 0 Å². The first-order valence-electron chi connectivity index (χ1n) is 5.68. The van der Waals surface area contributed by atoms with Gasteiger partial charge in [-0.3, -0.25) is 9.59 Å². The van der Waals surface area contributed by atoms with E-state index in [9.17, 15) is 9.59 Å². The van der Waals surface area contributed by atoms with Crippen LogP contribution < -0.4 is 15.8 Å². The highest BCUT2D eigenvalue weighted by molar-refractivity contribution is 5.86. The molecular formula is C12H15N3O3. The molecule has 6 nitrogen and oxygen atoms in total. The molecule has 0 saturated carbocycles. The number of nitrogen functional groups attached to an aromatic ring is 1. The molecule has 0 aromatic heterocycles. The summed E-state index contributed by atoms with van der Waals surface area (Å²) >= 11 is 0. The number of nitrogens with zero attached hydrogens (tertiary/aromatic N) is 1. The van der Waals surface area contributed by atoms with Crippen LogP contribution in [0.3, 0.4) is 0 Å². The predicted molar refractivity (Wildman–Crippen MR) is 65.9 cm³/mol. The van der Waals surface area contributed by atoms with Gasteiger partial charge in [-0.25, -0.2) is 0 Å². The van der Waals surface area contributed by atoms with Crippen molar-refractivity contribution in [2.75, 3.05) is 32.0 Å². The van der Waals surface area contributed by atoms with E-state index >= 15 is 0 Å². The summed E-state index contributed by atoms with van der Waals surface area (Å²) in [6, 6.07) is 6.87. The Balaban J connectivity index is 1.86. The van der Waals surface area contributed by atoms with Gasteiger partial charge in [-0.15, -0.1) is 0 Å². The van der Waals surface area contributed by atoms with E-state index in [4.69, 9.17) is 10.5 Å². The SMILES string of the molecule is Nc1cccc(OCC(=O)N2CCNC(=O)C2)c1. The number of ether oxygens (including phenoxy) is 1. The smallest absolute Gasteiger partial charge is 0.261 e. The molecule has 1 aliphatic rings. The lowest BCUT2D eigenvalue weighted by atomic mass is 10.3. The van der Waals surface area contributed by atoms with Crippen molar-refractivity contribution in [1.82, 2.24) is 10.2 Å². The molecule has 2 amide bonds. The van der Waals surface area contributed by atoms with Gasteiger partial charge >= 0.3 is 0 Å². The highest BCUT2D eigenvalue weighted by Crippen LogP contribution is 2.14. The molecule has 1 aromatic carbocycles. The highest BCUT2D eigenvalue weighted by atomic mass is 16.5. The normalized spacial score (nSPS) is 15.1. The third-order valence-electron chi connectivity index (χ3n) is 2.61. The summed E-state index contributed by atoms with van der Waals surface area (Å²) < 4.78 is 5.33. The van der Waals surface area contributed by atoms with Gasteiger partial charge in [0.25, 0.3) is 5.91 Å². The maximum Gasteiger partial charge on any atom is 0.261 e. The van der Waals surface area contributed by atoms with Crippen LogP contribution in [-0.4, -0.2) is 43.0 Å². The van der Waals surface area contributed by atoms with E-state index in [-0.39, 0.29) is 25.0 Å². The number of amides is 2. The minimum absolute atomic E-state index is 0.0866. The van der Waals surface area contributed by atoms with Crippen LogP contribution in [0.25, 0.3) is 0 Å². The Hall–Kier alpha value is -2.24. The average Bonchev–Trinajstić information content (AvgIpc) is 2.36. The van der Waals surface area contributed by atoms with Crippen LogP contribution in [0, 0.1) is 0 Å². The molecule has 1 heterocycles. The van der Waals surface area contributed by atoms with Gasteiger partial charge in [0.2, 0.25) is 5.91 Å². The zero-order chi connectivity index (χ0) is 13.0. The maximum atomic E-state index is 11.8. The zero-order valence-corrected chi connectivity index (χ0v) is 9.89. The van der Waals surface area contributed by atoms with Crippen molar-refractivity contribution in [2.45, 2.75) is 0 Å². The van der Waals surface area contributed by atoms with Gasteiger partial charge in [0.05, 0.1) is 6.54 Å². The lowest BCUT2D eigenvalue weighted by Gasteiger charge is -2.26. The van der Waals surface area contributed by atoms with Gasteiger partial charge in [-0.1, -0.05) is 6.07 Å². The minimum Gasteiger partial charge on any atom is -0.484 e. The number of piperazine rings is 1. The number of carbonyl (C=O) groups excluding carboxylic acids is 2. The molecule has 0 radical (unpaired) electrons. The summed E-state index contributed by atoms with van der Waals surface area (Å²) in [6.45, 7) is 1.02. The van der Waals surface area contributed by atoms with E-state index in [2.05, 4.69) is 5.32 Å². The zero-order valence-electron chi connectivity index (χ0n) is 9.89. The molecule has 96 valence electrons. The van der Waals surface area contributed by atoms with Crippen molar-refractivity contribution in [3.8, 4) is 5.75 Å². The van der Waals surface area contributed by atoms with Crippen molar-refractivity contribution in [1.29, 1.82) is 0 Å². The van der Waals surface area contributed by atoms with E-state index in [1.165, 1.54) is 4.90 Å². The molecule has 3 N–H and O–H groups in total. The number of nitrogens with one attached hydrogen (secondary N) is 1. The Labute approximate surface area is 105 Å². The third kappa shape index (κ3) is 3.13. The monoisotopic (exact) mass is 249 g/mol. The van der Waals surface area contributed by atoms with E-state index in [0.717, 1.165) is 0 Å². The number of hydrogen-bond acceptors (Lipinski definition) is 4. The minimum atomic E-state index is -0.202. The molecule has 1 saturated heterocycles. The second kappa shape index (κ2) is 5.39. The van der Waals surface area contributed by atoms with Crippen molar-refractivity contribution in [3.05, 3.63) is 24.3 Å². The van der Waals surface area contributed by atoms with Crippen LogP contribution in [0.15, 0.2) is 24.3 Å². The Morgan fingerprint density at radius 3 is 3.06 bits per heavy atom. The molecular weight excluding hydrogens is 234 g/mol. The van der Waals surface area contributed by atoms with Gasteiger partial charge in [-0.05, 0) is 12.1 Å². The van der Waals surface area contributed by atoms with Gasteiger partial charge in [0, 0.05) is 24.8 Å². The van der Waals surface area contributed by atoms with Crippen molar-refractivity contribution < 1.29 is 14.3 Å². The van der Waals surface area contributed by atoms with Crippen LogP contribution in [-0.2, 0) is 9.59 Å². The molecule has 0 aliphatic carbocycles. The van der Waals surface area contributed by atoms with Gasteiger partial charge < -0.3 is 20.7 Å². The van der Waals surface area contributed by atoms with E-state index < -0.39 is 0 Å². The largest absolute Gasteiger partial charge is 0.484 e. The highest BCUT2D eigenvalue weighted by Gasteiger charge is 2.21. The van der Waals surface area contributed by atoms with E-state index in [0.29, 0.717) is 24.5 Å². The fourth-order valence-corrected chi connectivity index (χ4v) is 1.69. The van der Waals surface area contributed by atoms with Crippen LogP contribution in [0.5, 0.6) is 5.75 Å². The second-order valence-electron chi connectivity index (χ2n) is 4.03. The summed E-state index contributed by atoms with van der Waals surface area (Å²) in [7, 11) is 0. The Morgan fingerprint density at radius 2 is 2.33 bits per heavy atom. The Bertz CT molecular complexity index is 462. The van der Waals surface area contributed by atoms with E-state index in [1.54, 1.807) is 24.3 Å². The fraction of sp³-hybridized carbons (Fsp3) is 0.333. The lowest BCUT2D eigenvalue weighted by molar-refractivity contribution is -0.139. The number of rotatable bonds is 3. The summed E-state index contributed by atoms with van der Waals surface area (Å²) in [5, 5.41) is 2.66. The standard InChI is InChI=1S/C12H15N3O3/c13-9-2-1-3-10(6-9)18-8-12(17)15-5-4-14-11(16)7-15/h1-3,6H,4-5,7-8,13H2,(H,14,16). The summed E-state index contributed by atoms with van der Waals surface area (Å²) in [5.74, 6) is 0.204. The number of hydrogen-bond donors (Lipinski definition) is 2. The number of carbonyl (C=O) groups is 2. The molecule has 0 atom stereocenters. The number of anilines is 1. The molecule has 0 spiro atoms. The molecule has 1 aliphatic heterocycles. The molecule has 2 rings (SSSR count). The van der Waals surface area contributed by atoms with Crippen molar-refractivity contribution in [2.24, 2.45) is 0 Å². The van der Waals surface area contributed by atoms with Crippen molar-refractivity contribution in [3.63, 3.8) is 0 Å². The third-order valence-corrected chi connectivity index (χ3v) is 2.61. The topological polar surface area (TPSA) is 84.7 Å². The fourth-order valence-electron chi connectivity index (χ4n) is 1.69. The summed E-state index contributed by atoms with van der Waals surface area (Å²) in [4.78, 5) is 24.4. The first kappa shape index (κ1) is 12.2. The first-order valence-corrected chi connectivity index (χ1v) is 5.68. The lowest BCUT2D eigenvalue weighted by Crippen LogP contribution is -2.51.